The van der Waals surface area contributed by atoms with Gasteiger partial charge in [0.1, 0.15) is 6.61 Å². The van der Waals surface area contributed by atoms with Gasteiger partial charge in [-0.2, -0.15) is 0 Å². The number of rotatable bonds is 5. The van der Waals surface area contributed by atoms with Crippen molar-refractivity contribution >= 4 is 27.7 Å². The van der Waals surface area contributed by atoms with Crippen LogP contribution < -0.4 is 10.6 Å². The molecule has 0 aromatic heterocycles. The van der Waals surface area contributed by atoms with Gasteiger partial charge in [0.15, 0.2) is 0 Å². The van der Waals surface area contributed by atoms with Gasteiger partial charge in [0.05, 0.1) is 0 Å². The average Bonchev–Trinajstić information content (AvgIpc) is 2.54. The fourth-order valence-electron chi connectivity index (χ4n) is 3.13. The first kappa shape index (κ1) is 17.8. The lowest BCUT2D eigenvalue weighted by molar-refractivity contribution is 0.129. The van der Waals surface area contributed by atoms with Crippen LogP contribution in [0.25, 0.3) is 0 Å². The Labute approximate surface area is 157 Å². The van der Waals surface area contributed by atoms with Crippen LogP contribution >= 0.6 is 15.9 Å². The maximum Gasteiger partial charge on any atom is 0.407 e. The molecule has 0 saturated heterocycles. The summed E-state index contributed by atoms with van der Waals surface area (Å²) in [6.45, 7) is 4.52. The first-order valence-corrected chi connectivity index (χ1v) is 9.31. The predicted octanol–water partition coefficient (Wildman–Crippen LogP) is 4.94. The summed E-state index contributed by atoms with van der Waals surface area (Å²) in [6.07, 6.45) is 1.48. The average molecular weight is 403 g/mol. The number of ether oxygens (including phenoxy) is 1. The van der Waals surface area contributed by atoms with Crippen molar-refractivity contribution in [2.75, 3.05) is 5.32 Å². The van der Waals surface area contributed by atoms with E-state index in [1.54, 1.807) is 0 Å². The summed E-state index contributed by atoms with van der Waals surface area (Å²) in [7, 11) is 0. The third-order valence-electron chi connectivity index (χ3n) is 4.52. The monoisotopic (exact) mass is 402 g/mol. The van der Waals surface area contributed by atoms with Gasteiger partial charge < -0.3 is 15.4 Å². The lowest BCUT2D eigenvalue weighted by Crippen LogP contribution is -2.49. The molecule has 0 spiro atoms. The van der Waals surface area contributed by atoms with Gasteiger partial charge in [-0.3, -0.25) is 0 Å². The van der Waals surface area contributed by atoms with E-state index in [1.807, 2.05) is 30.3 Å². The zero-order valence-electron chi connectivity index (χ0n) is 14.5. The van der Waals surface area contributed by atoms with Gasteiger partial charge in [0, 0.05) is 22.2 Å². The highest BCUT2D eigenvalue weighted by Crippen LogP contribution is 2.30. The highest BCUT2D eigenvalue weighted by atomic mass is 79.9. The molecule has 0 atom stereocenters. The lowest BCUT2D eigenvalue weighted by Gasteiger charge is -2.37. The first-order chi connectivity index (χ1) is 12.0. The Morgan fingerprint density at radius 1 is 1.12 bits per heavy atom. The topological polar surface area (TPSA) is 50.4 Å². The van der Waals surface area contributed by atoms with Crippen LogP contribution in [0.1, 0.15) is 29.5 Å². The highest BCUT2D eigenvalue weighted by molar-refractivity contribution is 9.10. The number of benzene rings is 2. The molecule has 132 valence electrons. The van der Waals surface area contributed by atoms with Gasteiger partial charge in [-0.15, -0.1) is 0 Å². The number of amides is 1. The molecule has 0 bridgehead atoms. The van der Waals surface area contributed by atoms with Crippen LogP contribution in [0.2, 0.25) is 0 Å². The Bertz CT molecular complexity index is 720. The Kier molecular flexibility index (Phi) is 5.63. The minimum atomic E-state index is -0.344. The molecule has 0 aliphatic heterocycles. The standard InChI is InChI=1S/C20H23BrN2O2/c1-13-8-16(21)9-14(2)19(13)22-17-10-18(11-17)23-20(24)25-12-15-6-4-3-5-7-15/h3-9,17-18,22H,10-12H2,1-2H3,(H,23,24). The molecule has 25 heavy (non-hydrogen) atoms. The molecule has 1 amide bonds. The minimum Gasteiger partial charge on any atom is -0.445 e. The maximum absolute atomic E-state index is 11.9. The predicted molar refractivity (Wildman–Crippen MR) is 104 cm³/mol. The van der Waals surface area contributed by atoms with E-state index in [1.165, 1.54) is 16.8 Å². The van der Waals surface area contributed by atoms with Gasteiger partial charge in [0.25, 0.3) is 0 Å². The zero-order valence-corrected chi connectivity index (χ0v) is 16.1. The van der Waals surface area contributed by atoms with Crippen molar-refractivity contribution in [1.82, 2.24) is 5.32 Å². The number of halogens is 1. The largest absolute Gasteiger partial charge is 0.445 e. The van der Waals surface area contributed by atoms with E-state index >= 15 is 0 Å². The molecule has 2 aromatic rings. The van der Waals surface area contributed by atoms with Crippen LogP contribution in [0.5, 0.6) is 0 Å². The molecule has 1 saturated carbocycles. The molecule has 0 radical (unpaired) electrons. The van der Waals surface area contributed by atoms with Crippen molar-refractivity contribution in [2.24, 2.45) is 0 Å². The van der Waals surface area contributed by atoms with Gasteiger partial charge in [0.2, 0.25) is 0 Å². The van der Waals surface area contributed by atoms with Crippen molar-refractivity contribution < 1.29 is 9.53 Å². The van der Waals surface area contributed by atoms with E-state index in [-0.39, 0.29) is 12.1 Å². The van der Waals surface area contributed by atoms with Crippen LogP contribution in [-0.2, 0) is 11.3 Å². The van der Waals surface area contributed by atoms with Crippen molar-refractivity contribution in [3.8, 4) is 0 Å². The summed E-state index contributed by atoms with van der Waals surface area (Å²) in [5.41, 5.74) is 4.64. The maximum atomic E-state index is 11.9. The molecule has 2 aromatic carbocycles. The highest BCUT2D eigenvalue weighted by Gasteiger charge is 2.31. The van der Waals surface area contributed by atoms with Gasteiger partial charge in [-0.25, -0.2) is 4.79 Å². The van der Waals surface area contributed by atoms with Crippen molar-refractivity contribution in [3.63, 3.8) is 0 Å². The van der Waals surface area contributed by atoms with E-state index in [0.29, 0.717) is 12.6 Å². The molecule has 1 fully saturated rings. The molecule has 3 rings (SSSR count). The van der Waals surface area contributed by atoms with Gasteiger partial charge in [-0.05, 0) is 55.5 Å². The summed E-state index contributed by atoms with van der Waals surface area (Å²) in [5.74, 6) is 0. The quantitative estimate of drug-likeness (QED) is 0.744. The van der Waals surface area contributed by atoms with Crippen LogP contribution in [0, 0.1) is 13.8 Å². The molecular formula is C20H23BrN2O2. The third-order valence-corrected chi connectivity index (χ3v) is 4.98. The van der Waals surface area contributed by atoms with Crippen LogP contribution in [0.15, 0.2) is 46.9 Å². The van der Waals surface area contributed by atoms with E-state index < -0.39 is 0 Å². The van der Waals surface area contributed by atoms with E-state index in [2.05, 4.69) is 52.5 Å². The second kappa shape index (κ2) is 7.91. The fourth-order valence-corrected chi connectivity index (χ4v) is 3.81. The molecule has 0 heterocycles. The SMILES string of the molecule is Cc1cc(Br)cc(C)c1NC1CC(NC(=O)OCc2ccccc2)C1. The van der Waals surface area contributed by atoms with Crippen molar-refractivity contribution in [1.29, 1.82) is 0 Å². The molecule has 1 aliphatic rings. The number of aryl methyl sites for hydroxylation is 2. The number of hydrogen-bond acceptors (Lipinski definition) is 3. The molecule has 2 N–H and O–H groups in total. The molecule has 1 aliphatic carbocycles. The summed E-state index contributed by atoms with van der Waals surface area (Å²) in [6, 6.07) is 14.5. The van der Waals surface area contributed by atoms with E-state index in [9.17, 15) is 4.79 Å². The molecule has 4 nitrogen and oxygen atoms in total. The van der Waals surface area contributed by atoms with Crippen LogP contribution in [0.4, 0.5) is 10.5 Å². The second-order valence-corrected chi connectivity index (χ2v) is 7.55. The first-order valence-electron chi connectivity index (χ1n) is 8.52. The van der Waals surface area contributed by atoms with E-state index in [0.717, 1.165) is 22.9 Å². The number of alkyl carbamates (subject to hydrolysis) is 1. The molecular weight excluding hydrogens is 380 g/mol. The zero-order chi connectivity index (χ0) is 17.8. The normalized spacial score (nSPS) is 19.0. The summed E-state index contributed by atoms with van der Waals surface area (Å²) >= 11 is 3.52. The van der Waals surface area contributed by atoms with Gasteiger partial charge in [-0.1, -0.05) is 46.3 Å². The number of carbonyl (C=O) groups is 1. The number of carbonyl (C=O) groups excluding carboxylic acids is 1. The minimum absolute atomic E-state index is 0.178. The van der Waals surface area contributed by atoms with E-state index in [4.69, 9.17) is 4.74 Å². The smallest absolute Gasteiger partial charge is 0.407 e. The second-order valence-electron chi connectivity index (χ2n) is 6.63. The summed E-state index contributed by atoms with van der Waals surface area (Å²) in [5, 5.41) is 6.52. The van der Waals surface area contributed by atoms with Crippen LogP contribution in [-0.4, -0.2) is 18.2 Å². The van der Waals surface area contributed by atoms with Crippen molar-refractivity contribution in [2.45, 2.75) is 45.4 Å². The summed E-state index contributed by atoms with van der Waals surface area (Å²) < 4.78 is 6.36. The fraction of sp³-hybridized carbons (Fsp3) is 0.350. The van der Waals surface area contributed by atoms with Gasteiger partial charge >= 0.3 is 6.09 Å². The lowest BCUT2D eigenvalue weighted by atomic mass is 9.86. The van der Waals surface area contributed by atoms with Crippen LogP contribution in [0.3, 0.4) is 0 Å². The molecule has 0 unspecified atom stereocenters. The molecule has 5 heteroatoms. The Morgan fingerprint density at radius 3 is 2.40 bits per heavy atom. The Morgan fingerprint density at radius 2 is 1.76 bits per heavy atom. The Balaban J connectivity index is 1.42. The number of hydrogen-bond donors (Lipinski definition) is 2. The Hall–Kier alpha value is -2.01. The number of nitrogens with one attached hydrogen (secondary N) is 2. The third kappa shape index (κ3) is 4.75. The summed E-state index contributed by atoms with van der Waals surface area (Å²) in [4.78, 5) is 11.9. The number of anilines is 1. The van der Waals surface area contributed by atoms with Crippen molar-refractivity contribution in [3.05, 3.63) is 63.6 Å².